The third-order valence-electron chi connectivity index (χ3n) is 5.14. The summed E-state index contributed by atoms with van der Waals surface area (Å²) >= 11 is 1.19. The molecule has 3 heterocycles. The second kappa shape index (κ2) is 10.4. The summed E-state index contributed by atoms with van der Waals surface area (Å²) in [5.41, 5.74) is 0. The van der Waals surface area contributed by atoms with Gasteiger partial charge in [0.1, 0.15) is 4.21 Å². The third-order valence-corrected chi connectivity index (χ3v) is 8.00. The number of guanidine groups is 1. The topological polar surface area (TPSA) is 103 Å². The maximum atomic E-state index is 12.6. The monoisotopic (exact) mass is 443 g/mol. The van der Waals surface area contributed by atoms with Gasteiger partial charge in [0.15, 0.2) is 5.96 Å². The fraction of sp³-hybridized carbons (Fsp3) is 0.667. The van der Waals surface area contributed by atoms with Crippen molar-refractivity contribution in [1.82, 2.24) is 19.8 Å². The quantitative estimate of drug-likeness (QED) is 0.369. The van der Waals surface area contributed by atoms with Crippen molar-refractivity contribution in [1.29, 1.82) is 0 Å². The van der Waals surface area contributed by atoms with Gasteiger partial charge in [0.05, 0.1) is 13.2 Å². The Balaban J connectivity index is 1.40. The molecule has 11 heteroatoms. The normalized spacial score (nSPS) is 19.4. The van der Waals surface area contributed by atoms with Crippen molar-refractivity contribution in [2.24, 2.45) is 10.9 Å². The second-order valence-electron chi connectivity index (χ2n) is 7.00. The van der Waals surface area contributed by atoms with Crippen LogP contribution in [-0.4, -0.2) is 89.6 Å². The van der Waals surface area contributed by atoms with Crippen LogP contribution in [0.5, 0.6) is 0 Å². The van der Waals surface area contributed by atoms with Gasteiger partial charge in [-0.1, -0.05) is 6.07 Å². The first-order valence-electron chi connectivity index (χ1n) is 9.86. The highest BCUT2D eigenvalue weighted by atomic mass is 32.2. The number of nitrogens with zero attached hydrogens (tertiary/aromatic N) is 3. The summed E-state index contributed by atoms with van der Waals surface area (Å²) in [6, 6.07) is 3.30. The Morgan fingerprint density at radius 2 is 1.93 bits per heavy atom. The van der Waals surface area contributed by atoms with Gasteiger partial charge in [-0.3, -0.25) is 9.79 Å². The first-order chi connectivity index (χ1) is 14.0. The molecule has 2 saturated heterocycles. The van der Waals surface area contributed by atoms with Crippen molar-refractivity contribution in [2.45, 2.75) is 17.1 Å². The minimum atomic E-state index is -3.45. The molecule has 2 fully saturated rings. The smallest absolute Gasteiger partial charge is 0.250 e. The molecular weight excluding hydrogens is 414 g/mol. The molecule has 1 amide bonds. The molecule has 0 aliphatic carbocycles. The van der Waals surface area contributed by atoms with Gasteiger partial charge in [0.2, 0.25) is 15.9 Å². The van der Waals surface area contributed by atoms with Crippen molar-refractivity contribution in [3.05, 3.63) is 17.5 Å². The molecule has 2 aliphatic heterocycles. The molecule has 29 heavy (non-hydrogen) atoms. The Morgan fingerprint density at radius 3 is 2.55 bits per heavy atom. The molecule has 0 saturated carbocycles. The first kappa shape index (κ1) is 22.0. The van der Waals surface area contributed by atoms with E-state index < -0.39 is 10.0 Å². The molecule has 2 N–H and O–H groups in total. The van der Waals surface area contributed by atoms with Crippen molar-refractivity contribution in [3.63, 3.8) is 0 Å². The van der Waals surface area contributed by atoms with Crippen molar-refractivity contribution < 1.29 is 17.9 Å². The molecule has 0 radical (unpaired) electrons. The molecule has 0 aromatic carbocycles. The number of thiophene rings is 1. The van der Waals surface area contributed by atoms with E-state index in [1.807, 2.05) is 4.90 Å². The van der Waals surface area contributed by atoms with Crippen LogP contribution in [0.4, 0.5) is 0 Å². The largest absolute Gasteiger partial charge is 0.378 e. The van der Waals surface area contributed by atoms with Gasteiger partial charge >= 0.3 is 0 Å². The Bertz CT molecular complexity index is 783. The molecule has 9 nitrogen and oxygen atoms in total. The number of ether oxygens (including phenoxy) is 1. The summed E-state index contributed by atoms with van der Waals surface area (Å²) in [5, 5.41) is 4.94. The van der Waals surface area contributed by atoms with Crippen LogP contribution in [0.2, 0.25) is 0 Å². The maximum Gasteiger partial charge on any atom is 0.250 e. The number of amides is 1. The highest BCUT2D eigenvalue weighted by Crippen LogP contribution is 2.20. The summed E-state index contributed by atoms with van der Waals surface area (Å²) in [6.45, 7) is 4.82. The number of aliphatic imine (C=N–C) groups is 1. The van der Waals surface area contributed by atoms with Crippen LogP contribution < -0.4 is 10.0 Å². The van der Waals surface area contributed by atoms with Crippen LogP contribution >= 0.6 is 11.3 Å². The fourth-order valence-corrected chi connectivity index (χ4v) is 5.63. The van der Waals surface area contributed by atoms with Gasteiger partial charge in [0, 0.05) is 52.2 Å². The van der Waals surface area contributed by atoms with Crippen LogP contribution in [0.3, 0.4) is 0 Å². The van der Waals surface area contributed by atoms with Crippen LogP contribution in [0.15, 0.2) is 26.7 Å². The van der Waals surface area contributed by atoms with Crippen molar-refractivity contribution in [3.8, 4) is 0 Å². The lowest BCUT2D eigenvalue weighted by Crippen LogP contribution is -2.50. The third kappa shape index (κ3) is 5.91. The van der Waals surface area contributed by atoms with E-state index in [2.05, 4.69) is 19.9 Å². The van der Waals surface area contributed by atoms with E-state index in [4.69, 9.17) is 4.74 Å². The van der Waals surface area contributed by atoms with Crippen LogP contribution in [-0.2, 0) is 19.6 Å². The summed E-state index contributed by atoms with van der Waals surface area (Å²) in [5.74, 6) is 1.02. The number of rotatable bonds is 6. The molecular formula is C18H29N5O4S2. The Labute approximate surface area is 176 Å². The zero-order valence-corrected chi connectivity index (χ0v) is 18.3. The second-order valence-corrected chi connectivity index (χ2v) is 9.94. The summed E-state index contributed by atoms with van der Waals surface area (Å²) < 4.78 is 32.5. The van der Waals surface area contributed by atoms with E-state index in [0.717, 1.165) is 31.9 Å². The first-order valence-corrected chi connectivity index (χ1v) is 12.2. The lowest BCUT2D eigenvalue weighted by molar-refractivity contribution is -0.140. The van der Waals surface area contributed by atoms with Gasteiger partial charge in [-0.25, -0.2) is 13.1 Å². The summed E-state index contributed by atoms with van der Waals surface area (Å²) in [4.78, 5) is 21.0. The zero-order chi connectivity index (χ0) is 20.7. The van der Waals surface area contributed by atoms with E-state index in [0.29, 0.717) is 37.1 Å². The summed E-state index contributed by atoms with van der Waals surface area (Å²) in [6.07, 6.45) is 1.59. The average Bonchev–Trinajstić information content (AvgIpc) is 3.30. The molecule has 1 aromatic heterocycles. The Hall–Kier alpha value is -1.69. The number of hydrogen-bond acceptors (Lipinski definition) is 6. The van der Waals surface area contributed by atoms with Gasteiger partial charge in [-0.2, -0.15) is 0 Å². The molecule has 0 spiro atoms. The molecule has 162 valence electrons. The van der Waals surface area contributed by atoms with Gasteiger partial charge in [0.25, 0.3) is 0 Å². The molecule has 3 rings (SSSR count). The predicted octanol–water partition coefficient (Wildman–Crippen LogP) is 0.173. The molecule has 0 atom stereocenters. The molecule has 0 unspecified atom stereocenters. The number of carbonyl (C=O) groups is 1. The summed E-state index contributed by atoms with van der Waals surface area (Å²) in [7, 11) is -1.74. The standard InChI is InChI=1S/C18H29N5O4S2/c1-19-18(20-6-7-21-29(25,26)16-3-2-14-28-16)23-8-4-15(5-9-23)17(24)22-10-12-27-13-11-22/h2-3,14-15,21H,4-13H2,1H3,(H,19,20). The van der Waals surface area contributed by atoms with E-state index in [-0.39, 0.29) is 18.4 Å². The fourth-order valence-electron chi connectivity index (χ4n) is 3.56. The Morgan fingerprint density at radius 1 is 1.21 bits per heavy atom. The highest BCUT2D eigenvalue weighted by Gasteiger charge is 2.30. The van der Waals surface area contributed by atoms with Crippen LogP contribution in [0, 0.1) is 5.92 Å². The Kier molecular flexibility index (Phi) is 7.87. The van der Waals surface area contributed by atoms with E-state index in [1.165, 1.54) is 11.3 Å². The SMILES string of the molecule is CN=C(NCCNS(=O)(=O)c1cccs1)N1CCC(C(=O)N2CCOCC2)CC1. The molecule has 0 bridgehead atoms. The predicted molar refractivity (Wildman–Crippen MR) is 113 cm³/mol. The minimum absolute atomic E-state index is 0.0556. The van der Waals surface area contributed by atoms with E-state index in [9.17, 15) is 13.2 Å². The maximum absolute atomic E-state index is 12.6. The van der Waals surface area contributed by atoms with E-state index in [1.54, 1.807) is 24.6 Å². The number of piperidine rings is 1. The number of sulfonamides is 1. The lowest BCUT2D eigenvalue weighted by Gasteiger charge is -2.36. The molecule has 1 aromatic rings. The van der Waals surface area contributed by atoms with Gasteiger partial charge in [-0.05, 0) is 24.3 Å². The van der Waals surface area contributed by atoms with Gasteiger partial charge < -0.3 is 19.9 Å². The molecule has 2 aliphatic rings. The number of nitrogens with one attached hydrogen (secondary N) is 2. The van der Waals surface area contributed by atoms with Gasteiger partial charge in [-0.15, -0.1) is 11.3 Å². The average molecular weight is 444 g/mol. The van der Waals surface area contributed by atoms with Crippen molar-refractivity contribution in [2.75, 3.05) is 59.5 Å². The lowest BCUT2D eigenvalue weighted by atomic mass is 9.95. The number of likely N-dealkylation sites (tertiary alicyclic amines) is 1. The number of hydrogen-bond donors (Lipinski definition) is 2. The number of morpholine rings is 1. The van der Waals surface area contributed by atoms with Crippen LogP contribution in [0.25, 0.3) is 0 Å². The highest BCUT2D eigenvalue weighted by molar-refractivity contribution is 7.91. The van der Waals surface area contributed by atoms with E-state index >= 15 is 0 Å². The zero-order valence-electron chi connectivity index (χ0n) is 16.7. The number of carbonyl (C=O) groups excluding carboxylic acids is 1. The van der Waals surface area contributed by atoms with Crippen LogP contribution in [0.1, 0.15) is 12.8 Å². The minimum Gasteiger partial charge on any atom is -0.378 e. The van der Waals surface area contributed by atoms with Crippen molar-refractivity contribution >= 4 is 33.2 Å².